The zero-order chi connectivity index (χ0) is 10.7. The third-order valence-corrected chi connectivity index (χ3v) is 2.82. The van der Waals surface area contributed by atoms with Crippen LogP contribution in [0.1, 0.15) is 50.7 Å². The highest BCUT2D eigenvalue weighted by molar-refractivity contribution is 5.33. The molecule has 0 spiro atoms. The zero-order valence-electron chi connectivity index (χ0n) is 9.75. The summed E-state index contributed by atoms with van der Waals surface area (Å²) in [5, 5.41) is 0. The summed E-state index contributed by atoms with van der Waals surface area (Å²) < 4.78 is 0. The maximum Gasteiger partial charge on any atom is -0.0136 e. The standard InChI is InChI=1S/C14H21/c1-10(2)12(5)14-9-7-6-8-13(14)11(3)4/h6-12H,5H2,1-4H3. The van der Waals surface area contributed by atoms with E-state index >= 15 is 0 Å². The third kappa shape index (κ3) is 2.37. The first-order valence-electron chi connectivity index (χ1n) is 5.46. The van der Waals surface area contributed by atoms with Gasteiger partial charge in [0.1, 0.15) is 0 Å². The average molecular weight is 189 g/mol. The van der Waals surface area contributed by atoms with Crippen LogP contribution >= 0.6 is 0 Å². The van der Waals surface area contributed by atoms with Crippen molar-refractivity contribution in [3.8, 4) is 0 Å². The van der Waals surface area contributed by atoms with E-state index in [-0.39, 0.29) is 0 Å². The summed E-state index contributed by atoms with van der Waals surface area (Å²) in [5.41, 5.74) is 2.86. The fraction of sp³-hybridized carbons (Fsp3) is 0.500. The number of hydrogen-bond acceptors (Lipinski definition) is 0. The lowest BCUT2D eigenvalue weighted by Crippen LogP contribution is -2.06. The van der Waals surface area contributed by atoms with Gasteiger partial charge in [0, 0.05) is 0 Å². The summed E-state index contributed by atoms with van der Waals surface area (Å²) >= 11 is 0. The van der Waals surface area contributed by atoms with Gasteiger partial charge in [0.15, 0.2) is 0 Å². The summed E-state index contributed by atoms with van der Waals surface area (Å²) in [7, 11) is 0. The lowest BCUT2D eigenvalue weighted by atomic mass is 9.84. The van der Waals surface area contributed by atoms with E-state index < -0.39 is 0 Å². The third-order valence-electron chi connectivity index (χ3n) is 2.82. The molecule has 0 aliphatic rings. The Balaban J connectivity index is 3.06. The minimum absolute atomic E-state index is 0.411. The maximum atomic E-state index is 4.25. The average Bonchev–Trinajstić information content (AvgIpc) is 2.16. The summed E-state index contributed by atoms with van der Waals surface area (Å²) in [4.78, 5) is 0. The zero-order valence-corrected chi connectivity index (χ0v) is 9.75. The van der Waals surface area contributed by atoms with Gasteiger partial charge in [-0.1, -0.05) is 52.0 Å². The highest BCUT2D eigenvalue weighted by Gasteiger charge is 2.14. The Morgan fingerprint density at radius 1 is 0.929 bits per heavy atom. The van der Waals surface area contributed by atoms with Gasteiger partial charge in [-0.3, -0.25) is 0 Å². The highest BCUT2D eigenvalue weighted by Crippen LogP contribution is 2.30. The first-order valence-corrected chi connectivity index (χ1v) is 5.46. The molecule has 1 aromatic rings. The van der Waals surface area contributed by atoms with Gasteiger partial charge in [0.05, 0.1) is 0 Å². The first kappa shape index (κ1) is 11.3. The molecule has 0 fully saturated rings. The van der Waals surface area contributed by atoms with Crippen LogP contribution in [0.25, 0.3) is 0 Å². The molecule has 1 aromatic carbocycles. The summed E-state index contributed by atoms with van der Waals surface area (Å²) in [6, 6.07) is 8.67. The van der Waals surface area contributed by atoms with E-state index in [1.807, 2.05) is 0 Å². The van der Waals surface area contributed by atoms with Gasteiger partial charge in [0.25, 0.3) is 0 Å². The predicted molar refractivity (Wildman–Crippen MR) is 63.5 cm³/mol. The van der Waals surface area contributed by atoms with Crippen molar-refractivity contribution in [2.24, 2.45) is 5.92 Å². The predicted octanol–water partition coefficient (Wildman–Crippen LogP) is 4.38. The van der Waals surface area contributed by atoms with Crippen LogP contribution in [0.15, 0.2) is 24.3 Å². The molecule has 0 bridgehead atoms. The van der Waals surface area contributed by atoms with Gasteiger partial charge in [-0.2, -0.15) is 0 Å². The van der Waals surface area contributed by atoms with Crippen molar-refractivity contribution >= 4 is 0 Å². The lowest BCUT2D eigenvalue weighted by Gasteiger charge is -2.21. The van der Waals surface area contributed by atoms with Gasteiger partial charge in [-0.15, -0.1) is 0 Å². The number of hydrogen-bond donors (Lipinski definition) is 0. The molecular formula is C14H21. The lowest BCUT2D eigenvalue weighted by molar-refractivity contribution is 0.568. The van der Waals surface area contributed by atoms with Crippen molar-refractivity contribution in [1.82, 2.24) is 0 Å². The van der Waals surface area contributed by atoms with Crippen molar-refractivity contribution in [2.75, 3.05) is 0 Å². The summed E-state index contributed by atoms with van der Waals surface area (Å²) in [6.07, 6.45) is 0. The van der Waals surface area contributed by atoms with Crippen LogP contribution in [0, 0.1) is 12.8 Å². The molecule has 0 nitrogen and oxygen atoms in total. The molecule has 0 amide bonds. The van der Waals surface area contributed by atoms with Gasteiger partial charge in [-0.25, -0.2) is 0 Å². The molecule has 1 unspecified atom stereocenters. The Labute approximate surface area is 88.4 Å². The Hall–Kier alpha value is -0.780. The van der Waals surface area contributed by atoms with Crippen LogP contribution in [0.3, 0.4) is 0 Å². The molecule has 1 rings (SSSR count). The largest absolute Gasteiger partial charge is 0.0622 e. The van der Waals surface area contributed by atoms with E-state index in [1.54, 1.807) is 0 Å². The van der Waals surface area contributed by atoms with E-state index in [9.17, 15) is 0 Å². The quantitative estimate of drug-likeness (QED) is 0.661. The van der Waals surface area contributed by atoms with Crippen LogP contribution in [0.4, 0.5) is 0 Å². The normalized spacial score (nSPS) is 13.6. The summed E-state index contributed by atoms with van der Waals surface area (Å²) in [5.74, 6) is 1.61. The van der Waals surface area contributed by atoms with E-state index in [1.165, 1.54) is 11.1 Å². The Kier molecular flexibility index (Phi) is 3.74. The fourth-order valence-corrected chi connectivity index (χ4v) is 1.73. The maximum absolute atomic E-state index is 4.25. The van der Waals surface area contributed by atoms with Crippen LogP contribution in [0.5, 0.6) is 0 Å². The SMILES string of the molecule is [CH2]C(c1ccccc1C(C)C)C(C)C. The molecule has 1 atom stereocenters. The fourth-order valence-electron chi connectivity index (χ4n) is 1.73. The van der Waals surface area contributed by atoms with Crippen molar-refractivity contribution in [3.63, 3.8) is 0 Å². The number of benzene rings is 1. The molecule has 0 saturated carbocycles. The molecule has 0 N–H and O–H groups in total. The monoisotopic (exact) mass is 189 g/mol. The highest BCUT2D eigenvalue weighted by atomic mass is 14.2. The minimum Gasteiger partial charge on any atom is -0.0622 e. The smallest absolute Gasteiger partial charge is 0.0136 e. The van der Waals surface area contributed by atoms with E-state index in [4.69, 9.17) is 0 Å². The minimum atomic E-state index is 0.411. The summed E-state index contributed by atoms with van der Waals surface area (Å²) in [6.45, 7) is 13.2. The van der Waals surface area contributed by atoms with Gasteiger partial charge < -0.3 is 0 Å². The molecular weight excluding hydrogens is 168 g/mol. The van der Waals surface area contributed by atoms with E-state index in [2.05, 4.69) is 58.9 Å². The van der Waals surface area contributed by atoms with Crippen LogP contribution in [-0.2, 0) is 0 Å². The number of rotatable bonds is 3. The molecule has 1 radical (unpaired) electrons. The van der Waals surface area contributed by atoms with Gasteiger partial charge in [0.2, 0.25) is 0 Å². The van der Waals surface area contributed by atoms with Crippen molar-refractivity contribution < 1.29 is 0 Å². The van der Waals surface area contributed by atoms with Crippen molar-refractivity contribution in [3.05, 3.63) is 42.3 Å². The van der Waals surface area contributed by atoms with Gasteiger partial charge in [-0.05, 0) is 35.8 Å². The van der Waals surface area contributed by atoms with Crippen LogP contribution in [-0.4, -0.2) is 0 Å². The Morgan fingerprint density at radius 3 is 1.86 bits per heavy atom. The van der Waals surface area contributed by atoms with Crippen LogP contribution < -0.4 is 0 Å². The molecule has 0 aliphatic heterocycles. The van der Waals surface area contributed by atoms with Crippen molar-refractivity contribution in [2.45, 2.75) is 39.5 Å². The van der Waals surface area contributed by atoms with Crippen molar-refractivity contribution in [1.29, 1.82) is 0 Å². The van der Waals surface area contributed by atoms with Gasteiger partial charge >= 0.3 is 0 Å². The van der Waals surface area contributed by atoms with E-state index in [0.717, 1.165) is 0 Å². The molecule has 14 heavy (non-hydrogen) atoms. The molecule has 0 heteroatoms. The second kappa shape index (κ2) is 4.63. The molecule has 0 saturated heterocycles. The topological polar surface area (TPSA) is 0 Å². The molecule has 0 heterocycles. The van der Waals surface area contributed by atoms with Crippen LogP contribution in [0.2, 0.25) is 0 Å². The second-order valence-corrected chi connectivity index (χ2v) is 4.63. The van der Waals surface area contributed by atoms with E-state index in [0.29, 0.717) is 17.8 Å². The second-order valence-electron chi connectivity index (χ2n) is 4.63. The molecule has 0 aromatic heterocycles. The first-order chi connectivity index (χ1) is 6.54. The molecule has 0 aliphatic carbocycles. The Bertz CT molecular complexity index is 284. The Morgan fingerprint density at radius 2 is 1.43 bits per heavy atom. The molecule has 77 valence electrons.